The Hall–Kier alpha value is -3.72. The highest BCUT2D eigenvalue weighted by Crippen LogP contribution is 2.36. The molecule has 0 saturated heterocycles. The Morgan fingerprint density at radius 2 is 1.76 bits per heavy atom. The number of para-hydroxylation sites is 1. The second-order valence-electron chi connectivity index (χ2n) is 7.17. The van der Waals surface area contributed by atoms with Crippen molar-refractivity contribution >= 4 is 29.2 Å². The number of hydrogen-bond acceptors (Lipinski definition) is 6. The van der Waals surface area contributed by atoms with Gasteiger partial charge in [-0.25, -0.2) is 9.48 Å². The molecule has 0 aliphatic heterocycles. The second-order valence-corrected chi connectivity index (χ2v) is 7.57. The molecule has 0 fully saturated rings. The molecule has 174 valence electrons. The van der Waals surface area contributed by atoms with Gasteiger partial charge in [-0.15, -0.1) is 0 Å². The van der Waals surface area contributed by atoms with Gasteiger partial charge in [-0.05, 0) is 38.1 Å². The van der Waals surface area contributed by atoms with E-state index in [-0.39, 0.29) is 27.8 Å². The fourth-order valence-electron chi connectivity index (χ4n) is 3.26. The lowest BCUT2D eigenvalue weighted by Crippen LogP contribution is -2.32. The zero-order valence-corrected chi connectivity index (χ0v) is 19.6. The molecule has 1 aromatic heterocycles. The van der Waals surface area contributed by atoms with Gasteiger partial charge in [0.2, 0.25) is 0 Å². The van der Waals surface area contributed by atoms with Crippen LogP contribution in [0.5, 0.6) is 11.5 Å². The minimum absolute atomic E-state index is 0.0830. The van der Waals surface area contributed by atoms with E-state index < -0.39 is 23.5 Å². The number of halogens is 1. The summed E-state index contributed by atoms with van der Waals surface area (Å²) in [5, 5.41) is 2.73. The maximum atomic E-state index is 13.0. The molecule has 0 bridgehead atoms. The van der Waals surface area contributed by atoms with E-state index in [2.05, 4.69) is 5.32 Å². The van der Waals surface area contributed by atoms with E-state index >= 15 is 0 Å². The van der Waals surface area contributed by atoms with Crippen LogP contribution in [0.4, 0.5) is 5.69 Å². The summed E-state index contributed by atoms with van der Waals surface area (Å²) in [6, 6.07) is 11.8. The van der Waals surface area contributed by atoms with Gasteiger partial charge in [0.25, 0.3) is 11.5 Å². The van der Waals surface area contributed by atoms with E-state index in [0.29, 0.717) is 11.4 Å². The van der Waals surface area contributed by atoms with Crippen molar-refractivity contribution < 1.29 is 23.8 Å². The summed E-state index contributed by atoms with van der Waals surface area (Å²) in [7, 11) is 4.54. The van der Waals surface area contributed by atoms with Crippen LogP contribution >= 0.6 is 11.6 Å². The maximum Gasteiger partial charge on any atom is 0.339 e. The third-order valence-electron chi connectivity index (χ3n) is 5.12. The van der Waals surface area contributed by atoms with Gasteiger partial charge >= 0.3 is 5.97 Å². The molecule has 1 atom stereocenters. The smallest absolute Gasteiger partial charge is 0.339 e. The Labute approximate surface area is 195 Å². The lowest BCUT2D eigenvalue weighted by atomic mass is 10.2. The molecule has 0 spiro atoms. The number of amides is 1. The minimum Gasteiger partial charge on any atom is -0.493 e. The Kier molecular flexibility index (Phi) is 7.13. The van der Waals surface area contributed by atoms with Gasteiger partial charge in [0, 0.05) is 7.05 Å². The SMILES string of the molecule is COc1cc(C(=O)OC(C)C(=O)Nc2c(C)n(C)n(-c3ccccc3)c2=O)cc(Cl)c1OC. The summed E-state index contributed by atoms with van der Waals surface area (Å²) in [6.45, 7) is 3.11. The van der Waals surface area contributed by atoms with Crippen LogP contribution in [0.25, 0.3) is 5.69 Å². The predicted octanol–water partition coefficient (Wildman–Crippen LogP) is 3.34. The first-order valence-corrected chi connectivity index (χ1v) is 10.3. The first kappa shape index (κ1) is 23.9. The second kappa shape index (κ2) is 9.83. The normalized spacial score (nSPS) is 11.6. The number of rotatable bonds is 7. The quantitative estimate of drug-likeness (QED) is 0.528. The summed E-state index contributed by atoms with van der Waals surface area (Å²) in [6.07, 6.45) is -1.19. The monoisotopic (exact) mass is 473 g/mol. The number of hydrogen-bond donors (Lipinski definition) is 1. The largest absolute Gasteiger partial charge is 0.493 e. The lowest BCUT2D eigenvalue weighted by Gasteiger charge is -2.15. The van der Waals surface area contributed by atoms with Crippen molar-refractivity contribution in [2.75, 3.05) is 19.5 Å². The summed E-state index contributed by atoms with van der Waals surface area (Å²) < 4.78 is 18.7. The van der Waals surface area contributed by atoms with Crippen molar-refractivity contribution in [3.05, 3.63) is 69.1 Å². The molecule has 1 heterocycles. The highest BCUT2D eigenvalue weighted by Gasteiger charge is 2.24. The van der Waals surface area contributed by atoms with Gasteiger partial charge in [-0.1, -0.05) is 29.8 Å². The Morgan fingerprint density at radius 3 is 2.36 bits per heavy atom. The predicted molar refractivity (Wildman–Crippen MR) is 124 cm³/mol. The van der Waals surface area contributed by atoms with Crippen LogP contribution in [0.2, 0.25) is 5.02 Å². The topological polar surface area (TPSA) is 101 Å². The van der Waals surface area contributed by atoms with Crippen LogP contribution in [0.3, 0.4) is 0 Å². The van der Waals surface area contributed by atoms with Crippen LogP contribution in [0, 0.1) is 6.92 Å². The minimum atomic E-state index is -1.19. The van der Waals surface area contributed by atoms with Gasteiger partial charge in [0.05, 0.1) is 36.2 Å². The molecular formula is C23H24ClN3O6. The molecule has 1 amide bonds. The van der Waals surface area contributed by atoms with Gasteiger partial charge in [0.15, 0.2) is 17.6 Å². The molecule has 0 saturated carbocycles. The lowest BCUT2D eigenvalue weighted by molar-refractivity contribution is -0.123. The number of nitrogens with zero attached hydrogens (tertiary/aromatic N) is 2. The molecule has 3 aromatic rings. The number of benzene rings is 2. The number of esters is 1. The fraction of sp³-hybridized carbons (Fsp3) is 0.261. The van der Waals surface area contributed by atoms with Crippen molar-refractivity contribution in [3.63, 3.8) is 0 Å². The third-order valence-corrected chi connectivity index (χ3v) is 5.41. The maximum absolute atomic E-state index is 13.0. The first-order valence-electron chi connectivity index (χ1n) is 9.97. The van der Waals surface area contributed by atoms with E-state index in [9.17, 15) is 14.4 Å². The zero-order chi connectivity index (χ0) is 24.3. The van der Waals surface area contributed by atoms with E-state index in [1.807, 2.05) is 18.2 Å². The number of aromatic nitrogens is 2. The number of ether oxygens (including phenoxy) is 3. The van der Waals surface area contributed by atoms with E-state index in [4.69, 9.17) is 25.8 Å². The first-order chi connectivity index (χ1) is 15.7. The molecular weight excluding hydrogens is 450 g/mol. The van der Waals surface area contributed by atoms with E-state index in [1.165, 1.54) is 38.0 Å². The molecule has 9 nitrogen and oxygen atoms in total. The highest BCUT2D eigenvalue weighted by molar-refractivity contribution is 6.32. The standard InChI is InChI=1S/C23H24ClN3O6/c1-13-19(22(29)27(26(13)3)16-9-7-6-8-10-16)25-21(28)14(2)33-23(30)15-11-17(24)20(32-5)18(12-15)31-4/h6-12,14H,1-5H3,(H,25,28). The van der Waals surface area contributed by atoms with Gasteiger partial charge < -0.3 is 19.5 Å². The van der Waals surface area contributed by atoms with Crippen LogP contribution in [0.15, 0.2) is 47.3 Å². The van der Waals surface area contributed by atoms with Gasteiger partial charge in [-0.3, -0.25) is 14.3 Å². The Balaban J connectivity index is 1.79. The summed E-state index contributed by atoms with van der Waals surface area (Å²) >= 11 is 6.13. The summed E-state index contributed by atoms with van der Waals surface area (Å²) in [5.74, 6) is -0.917. The molecule has 0 radical (unpaired) electrons. The van der Waals surface area contributed by atoms with Gasteiger partial charge in [-0.2, -0.15) is 0 Å². The number of methoxy groups -OCH3 is 2. The van der Waals surface area contributed by atoms with Gasteiger partial charge in [0.1, 0.15) is 5.69 Å². The average molecular weight is 474 g/mol. The Bertz CT molecular complexity index is 1250. The van der Waals surface area contributed by atoms with Crippen LogP contribution in [-0.4, -0.2) is 41.6 Å². The van der Waals surface area contributed by atoms with Crippen molar-refractivity contribution in [3.8, 4) is 17.2 Å². The number of nitrogens with one attached hydrogen (secondary N) is 1. The van der Waals surface area contributed by atoms with Crippen molar-refractivity contribution in [2.45, 2.75) is 20.0 Å². The van der Waals surface area contributed by atoms with Crippen LogP contribution in [0.1, 0.15) is 23.0 Å². The summed E-state index contributed by atoms with van der Waals surface area (Å²) in [4.78, 5) is 38.3. The van der Waals surface area contributed by atoms with E-state index in [0.717, 1.165) is 0 Å². The molecule has 1 N–H and O–H groups in total. The molecule has 3 rings (SSSR count). The number of carbonyl (C=O) groups excluding carboxylic acids is 2. The Morgan fingerprint density at radius 1 is 1.09 bits per heavy atom. The molecule has 0 aliphatic carbocycles. The highest BCUT2D eigenvalue weighted by atomic mass is 35.5. The number of anilines is 1. The molecule has 1 unspecified atom stereocenters. The summed E-state index contributed by atoms with van der Waals surface area (Å²) in [5.41, 5.74) is 0.976. The average Bonchev–Trinajstić information content (AvgIpc) is 3.01. The van der Waals surface area contributed by atoms with E-state index in [1.54, 1.807) is 30.8 Å². The fourth-order valence-corrected chi connectivity index (χ4v) is 3.54. The molecule has 33 heavy (non-hydrogen) atoms. The third kappa shape index (κ3) is 4.73. The zero-order valence-electron chi connectivity index (χ0n) is 18.8. The molecule has 2 aromatic carbocycles. The molecule has 0 aliphatic rings. The molecule has 10 heteroatoms. The van der Waals surface area contributed by atoms with Crippen LogP contribution < -0.4 is 20.3 Å². The van der Waals surface area contributed by atoms with Crippen molar-refractivity contribution in [1.82, 2.24) is 9.36 Å². The van der Waals surface area contributed by atoms with Crippen LogP contribution in [-0.2, 0) is 16.6 Å². The number of carbonyl (C=O) groups is 2. The van der Waals surface area contributed by atoms with Crippen molar-refractivity contribution in [1.29, 1.82) is 0 Å². The van der Waals surface area contributed by atoms with Crippen molar-refractivity contribution in [2.24, 2.45) is 7.05 Å².